The van der Waals surface area contributed by atoms with Crippen molar-refractivity contribution in [3.8, 4) is 0 Å². The third-order valence-corrected chi connectivity index (χ3v) is 5.28. The number of benzene rings is 1. The first kappa shape index (κ1) is 14.7. The number of halogens is 1. The summed E-state index contributed by atoms with van der Waals surface area (Å²) in [7, 11) is 2.21. The van der Waals surface area contributed by atoms with E-state index < -0.39 is 0 Å². The maximum atomic E-state index is 12.4. The Labute approximate surface area is 130 Å². The highest BCUT2D eigenvalue weighted by molar-refractivity contribution is 6.33. The molecule has 2 fully saturated rings. The van der Waals surface area contributed by atoms with E-state index in [-0.39, 0.29) is 11.9 Å². The molecular formula is C16H22ClN3O. The number of nitrogens with two attached hydrogens (primary N) is 1. The van der Waals surface area contributed by atoms with Crippen LogP contribution in [0.3, 0.4) is 0 Å². The molecule has 21 heavy (non-hydrogen) atoms. The summed E-state index contributed by atoms with van der Waals surface area (Å²) < 4.78 is 0. The molecule has 3 rings (SSSR count). The number of amides is 1. The van der Waals surface area contributed by atoms with Gasteiger partial charge in [-0.25, -0.2) is 0 Å². The molecule has 1 aromatic rings. The van der Waals surface area contributed by atoms with E-state index in [9.17, 15) is 4.79 Å². The highest BCUT2D eigenvalue weighted by Crippen LogP contribution is 2.32. The van der Waals surface area contributed by atoms with Gasteiger partial charge in [0.2, 0.25) is 0 Å². The summed E-state index contributed by atoms with van der Waals surface area (Å²) >= 11 is 5.90. The highest BCUT2D eigenvalue weighted by atomic mass is 35.5. The van der Waals surface area contributed by atoms with Crippen LogP contribution in [0.2, 0.25) is 5.02 Å². The van der Waals surface area contributed by atoms with E-state index in [4.69, 9.17) is 17.3 Å². The average Bonchev–Trinajstić information content (AvgIpc) is 2.43. The Balaban J connectivity index is 1.66. The maximum Gasteiger partial charge on any atom is 0.251 e. The van der Waals surface area contributed by atoms with Crippen molar-refractivity contribution in [1.82, 2.24) is 10.2 Å². The van der Waals surface area contributed by atoms with Crippen LogP contribution in [0.1, 0.15) is 42.5 Å². The fraction of sp³-hybridized carbons (Fsp3) is 0.562. The lowest BCUT2D eigenvalue weighted by Gasteiger charge is -2.47. The van der Waals surface area contributed by atoms with Gasteiger partial charge in [0.25, 0.3) is 5.91 Å². The molecule has 2 heterocycles. The van der Waals surface area contributed by atoms with E-state index in [1.165, 1.54) is 19.3 Å². The second-order valence-corrected chi connectivity index (χ2v) is 6.69. The van der Waals surface area contributed by atoms with E-state index in [1.54, 1.807) is 18.2 Å². The third kappa shape index (κ3) is 3.01. The molecule has 0 saturated carbocycles. The predicted octanol–water partition coefficient (Wildman–Crippen LogP) is 2.67. The zero-order valence-corrected chi connectivity index (χ0v) is 13.1. The number of nitrogen functional groups attached to an aromatic ring is 1. The minimum absolute atomic E-state index is 0.0500. The number of fused-ring (bicyclic) bond motifs is 2. The normalized spacial score (nSPS) is 29.1. The molecule has 3 N–H and O–H groups in total. The van der Waals surface area contributed by atoms with Crippen molar-refractivity contribution in [3.05, 3.63) is 28.8 Å². The van der Waals surface area contributed by atoms with E-state index in [1.807, 2.05) is 0 Å². The van der Waals surface area contributed by atoms with Crippen LogP contribution >= 0.6 is 11.6 Å². The first-order chi connectivity index (χ1) is 10.0. The summed E-state index contributed by atoms with van der Waals surface area (Å²) in [6.45, 7) is 0. The summed E-state index contributed by atoms with van der Waals surface area (Å²) in [4.78, 5) is 14.8. The summed E-state index contributed by atoms with van der Waals surface area (Å²) in [5.74, 6) is -0.0500. The molecule has 0 spiro atoms. The monoisotopic (exact) mass is 307 g/mol. The van der Waals surface area contributed by atoms with Crippen molar-refractivity contribution >= 4 is 23.2 Å². The molecule has 2 saturated heterocycles. The van der Waals surface area contributed by atoms with Crippen LogP contribution in [0, 0.1) is 0 Å². The number of rotatable bonds is 2. The molecule has 0 aromatic heterocycles. The van der Waals surface area contributed by atoms with Crippen molar-refractivity contribution < 1.29 is 4.79 Å². The number of hydrogen-bond acceptors (Lipinski definition) is 3. The zero-order chi connectivity index (χ0) is 15.0. The first-order valence-corrected chi connectivity index (χ1v) is 8.00. The molecule has 2 atom stereocenters. The summed E-state index contributed by atoms with van der Waals surface area (Å²) in [6.07, 6.45) is 5.89. The topological polar surface area (TPSA) is 58.4 Å². The Morgan fingerprint density at radius 3 is 2.62 bits per heavy atom. The molecule has 0 radical (unpaired) electrons. The molecule has 1 amide bonds. The van der Waals surface area contributed by atoms with Crippen LogP contribution in [-0.4, -0.2) is 36.0 Å². The van der Waals surface area contributed by atoms with Gasteiger partial charge in [-0.3, -0.25) is 4.79 Å². The molecule has 0 aliphatic carbocycles. The minimum Gasteiger partial charge on any atom is -0.398 e. The summed E-state index contributed by atoms with van der Waals surface area (Å²) in [5, 5.41) is 3.65. The fourth-order valence-electron chi connectivity index (χ4n) is 3.69. The van der Waals surface area contributed by atoms with Gasteiger partial charge in [0.15, 0.2) is 0 Å². The number of carbonyl (C=O) groups is 1. The first-order valence-electron chi connectivity index (χ1n) is 7.62. The van der Waals surface area contributed by atoms with Gasteiger partial charge in [-0.05, 0) is 50.9 Å². The third-order valence-electron chi connectivity index (χ3n) is 4.93. The van der Waals surface area contributed by atoms with Crippen molar-refractivity contribution in [2.24, 2.45) is 0 Å². The standard InChI is InChI=1S/C16H22ClN3O/c1-20-12-3-2-4-13(20)9-11(8-12)19-16(21)10-5-6-14(17)15(18)7-10/h5-7,11-13H,2-4,8-9,18H2,1H3,(H,19,21). The lowest BCUT2D eigenvalue weighted by Crippen LogP contribution is -2.55. The number of nitrogens with one attached hydrogen (secondary N) is 1. The summed E-state index contributed by atoms with van der Waals surface area (Å²) in [5.41, 5.74) is 6.80. The fourth-order valence-corrected chi connectivity index (χ4v) is 3.80. The Hall–Kier alpha value is -1.26. The minimum atomic E-state index is -0.0500. The Kier molecular flexibility index (Phi) is 4.09. The molecule has 4 nitrogen and oxygen atoms in total. The van der Waals surface area contributed by atoms with E-state index in [0.29, 0.717) is 28.4 Å². The van der Waals surface area contributed by atoms with Crippen LogP contribution in [0.5, 0.6) is 0 Å². The van der Waals surface area contributed by atoms with Gasteiger partial charge in [-0.2, -0.15) is 0 Å². The maximum absolute atomic E-state index is 12.4. The zero-order valence-electron chi connectivity index (χ0n) is 12.3. The van der Waals surface area contributed by atoms with Gasteiger partial charge in [0, 0.05) is 23.7 Å². The van der Waals surface area contributed by atoms with Crippen LogP contribution in [0.4, 0.5) is 5.69 Å². The van der Waals surface area contributed by atoms with Crippen LogP contribution in [0.25, 0.3) is 0 Å². The van der Waals surface area contributed by atoms with E-state index in [2.05, 4.69) is 17.3 Å². The number of hydrogen-bond donors (Lipinski definition) is 2. The van der Waals surface area contributed by atoms with Crippen molar-refractivity contribution in [3.63, 3.8) is 0 Å². The molecule has 2 aliphatic rings. The lowest BCUT2D eigenvalue weighted by atomic mass is 9.82. The Morgan fingerprint density at radius 1 is 1.33 bits per heavy atom. The van der Waals surface area contributed by atoms with E-state index >= 15 is 0 Å². The van der Waals surface area contributed by atoms with Gasteiger partial charge in [0.05, 0.1) is 10.7 Å². The van der Waals surface area contributed by atoms with Gasteiger partial charge in [-0.15, -0.1) is 0 Å². The second-order valence-electron chi connectivity index (χ2n) is 6.28. The number of anilines is 1. The molecule has 5 heteroatoms. The van der Waals surface area contributed by atoms with Gasteiger partial charge < -0.3 is 16.0 Å². The highest BCUT2D eigenvalue weighted by Gasteiger charge is 2.36. The number of nitrogens with zero attached hydrogens (tertiary/aromatic N) is 1. The van der Waals surface area contributed by atoms with Crippen LogP contribution in [0.15, 0.2) is 18.2 Å². The van der Waals surface area contributed by atoms with Gasteiger partial charge >= 0.3 is 0 Å². The molecule has 114 valence electrons. The number of carbonyl (C=O) groups excluding carboxylic acids is 1. The van der Waals surface area contributed by atoms with Crippen molar-refractivity contribution in [2.75, 3.05) is 12.8 Å². The molecule has 1 aromatic carbocycles. The average molecular weight is 308 g/mol. The molecule has 2 bridgehead atoms. The second kappa shape index (κ2) is 5.85. The Morgan fingerprint density at radius 2 is 2.00 bits per heavy atom. The molecule has 2 unspecified atom stereocenters. The van der Waals surface area contributed by atoms with Crippen LogP contribution < -0.4 is 11.1 Å². The molecular weight excluding hydrogens is 286 g/mol. The van der Waals surface area contributed by atoms with Crippen molar-refractivity contribution in [1.29, 1.82) is 0 Å². The van der Waals surface area contributed by atoms with Crippen LogP contribution in [-0.2, 0) is 0 Å². The quantitative estimate of drug-likeness (QED) is 0.826. The smallest absolute Gasteiger partial charge is 0.251 e. The largest absolute Gasteiger partial charge is 0.398 e. The SMILES string of the molecule is CN1C2CCCC1CC(NC(=O)c1ccc(Cl)c(N)c1)C2. The van der Waals surface area contributed by atoms with Gasteiger partial charge in [0.1, 0.15) is 0 Å². The summed E-state index contributed by atoms with van der Waals surface area (Å²) in [6, 6.07) is 6.53. The van der Waals surface area contributed by atoms with Gasteiger partial charge in [-0.1, -0.05) is 18.0 Å². The van der Waals surface area contributed by atoms with E-state index in [0.717, 1.165) is 12.8 Å². The lowest BCUT2D eigenvalue weighted by molar-refractivity contribution is 0.0463. The Bertz CT molecular complexity index is 534. The molecule has 2 aliphatic heterocycles. The predicted molar refractivity (Wildman–Crippen MR) is 85.5 cm³/mol. The number of piperidine rings is 2. The van der Waals surface area contributed by atoms with Crippen molar-refractivity contribution in [2.45, 2.75) is 50.2 Å².